The Labute approximate surface area is 171 Å². The lowest BCUT2D eigenvalue weighted by Gasteiger charge is -2.28. The molecular weight excluding hydrogens is 362 g/mol. The maximum atomic E-state index is 11.2. The topological polar surface area (TPSA) is 68.4 Å². The van der Waals surface area contributed by atoms with Crippen molar-refractivity contribution < 1.29 is 10.0 Å². The molecule has 0 spiro atoms. The molecule has 0 unspecified atom stereocenters. The van der Waals surface area contributed by atoms with E-state index in [1.165, 1.54) is 33.7 Å². The number of aromatic amines is 1. The van der Waals surface area contributed by atoms with Gasteiger partial charge in [-0.2, -0.15) is 0 Å². The lowest BCUT2D eigenvalue weighted by Crippen LogP contribution is -2.29. The number of amides is 1. The Morgan fingerprint density at radius 3 is 3.00 bits per heavy atom. The maximum absolute atomic E-state index is 11.2. The van der Waals surface area contributed by atoms with Crippen molar-refractivity contribution in [3.05, 3.63) is 77.0 Å². The van der Waals surface area contributed by atoms with Gasteiger partial charge in [-0.15, -0.1) is 0 Å². The van der Waals surface area contributed by atoms with Gasteiger partial charge in [-0.25, -0.2) is 5.48 Å². The minimum absolute atomic E-state index is 0.443. The summed E-state index contributed by atoms with van der Waals surface area (Å²) < 4.78 is 0. The Bertz CT molecular complexity index is 1040. The number of hydrogen-bond donors (Lipinski definition) is 3. The molecule has 3 aromatic rings. The maximum Gasteiger partial charge on any atom is 0.267 e. The number of fused-ring (bicyclic) bond motifs is 2. The van der Waals surface area contributed by atoms with Crippen LogP contribution in [0.3, 0.4) is 0 Å². The number of hydrogen-bond acceptors (Lipinski definition) is 3. The number of rotatable bonds is 7. The molecule has 1 aliphatic carbocycles. The standard InChI is InChI=1S/C24H27N3O2/c1-2-27(14-13-19-16-25-22-6-4-3-5-20(19)22)23-11-9-18-15-17(7-10-21(18)23)8-12-24(28)26-29/h3-8,10,12,15-16,23,25,29H,2,9,11,13-14H2,1H3,(H,26,28)/t23-/m0/s1. The number of likely N-dealkylation sites (N-methyl/N-ethyl adjacent to an activating group) is 1. The van der Waals surface area contributed by atoms with E-state index in [1.54, 1.807) is 11.6 Å². The normalized spacial score (nSPS) is 16.0. The van der Waals surface area contributed by atoms with Crippen LogP contribution < -0.4 is 5.48 Å². The van der Waals surface area contributed by atoms with Crippen molar-refractivity contribution in [1.82, 2.24) is 15.4 Å². The number of nitrogens with zero attached hydrogens (tertiary/aromatic N) is 1. The van der Waals surface area contributed by atoms with Gasteiger partial charge in [0.15, 0.2) is 0 Å². The van der Waals surface area contributed by atoms with Crippen LogP contribution in [0.1, 0.15) is 41.6 Å². The van der Waals surface area contributed by atoms with Crippen molar-refractivity contribution in [1.29, 1.82) is 0 Å². The van der Waals surface area contributed by atoms with E-state index in [0.717, 1.165) is 37.9 Å². The first-order valence-corrected chi connectivity index (χ1v) is 10.2. The highest BCUT2D eigenvalue weighted by Crippen LogP contribution is 2.36. The van der Waals surface area contributed by atoms with Crippen LogP contribution >= 0.6 is 0 Å². The highest BCUT2D eigenvalue weighted by Gasteiger charge is 2.27. The Kier molecular flexibility index (Phi) is 5.79. The monoisotopic (exact) mass is 389 g/mol. The van der Waals surface area contributed by atoms with E-state index in [1.807, 2.05) is 6.07 Å². The third kappa shape index (κ3) is 4.11. The third-order valence-corrected chi connectivity index (χ3v) is 5.94. The first-order valence-electron chi connectivity index (χ1n) is 10.2. The van der Waals surface area contributed by atoms with Gasteiger partial charge in [0.2, 0.25) is 0 Å². The average molecular weight is 389 g/mol. The third-order valence-electron chi connectivity index (χ3n) is 5.94. The van der Waals surface area contributed by atoms with Crippen LogP contribution in [-0.2, 0) is 17.6 Å². The van der Waals surface area contributed by atoms with Gasteiger partial charge in [-0.3, -0.25) is 14.9 Å². The van der Waals surface area contributed by atoms with Crippen molar-refractivity contribution in [2.45, 2.75) is 32.2 Å². The molecule has 0 bridgehead atoms. The van der Waals surface area contributed by atoms with Crippen molar-refractivity contribution in [3.63, 3.8) is 0 Å². The smallest absolute Gasteiger partial charge is 0.267 e. The number of carbonyl (C=O) groups excluding carboxylic acids is 1. The van der Waals surface area contributed by atoms with Crippen LogP contribution in [0, 0.1) is 0 Å². The molecule has 0 radical (unpaired) electrons. The molecule has 4 rings (SSSR count). The van der Waals surface area contributed by atoms with E-state index in [9.17, 15) is 4.79 Å². The first-order chi connectivity index (χ1) is 14.2. The van der Waals surface area contributed by atoms with E-state index in [4.69, 9.17) is 5.21 Å². The number of hydroxylamine groups is 1. The van der Waals surface area contributed by atoms with Gasteiger partial charge in [-0.1, -0.05) is 43.3 Å². The number of para-hydroxylation sites is 1. The summed E-state index contributed by atoms with van der Waals surface area (Å²) in [6, 6.07) is 15.3. The summed E-state index contributed by atoms with van der Waals surface area (Å²) >= 11 is 0. The minimum atomic E-state index is -0.516. The van der Waals surface area contributed by atoms with Crippen molar-refractivity contribution in [3.8, 4) is 0 Å². The molecule has 150 valence electrons. The van der Waals surface area contributed by atoms with Crippen molar-refractivity contribution >= 4 is 22.9 Å². The molecule has 1 heterocycles. The highest BCUT2D eigenvalue weighted by atomic mass is 16.5. The fourth-order valence-electron chi connectivity index (χ4n) is 4.44. The molecule has 29 heavy (non-hydrogen) atoms. The van der Waals surface area contributed by atoms with Gasteiger partial charge < -0.3 is 4.98 Å². The number of nitrogens with one attached hydrogen (secondary N) is 2. The molecule has 1 amide bonds. The second kappa shape index (κ2) is 8.64. The van der Waals surface area contributed by atoms with Gasteiger partial charge in [-0.05, 0) is 60.2 Å². The average Bonchev–Trinajstić information content (AvgIpc) is 3.37. The lowest BCUT2D eigenvalue weighted by atomic mass is 10.0. The lowest BCUT2D eigenvalue weighted by molar-refractivity contribution is -0.124. The first kappa shape index (κ1) is 19.4. The van der Waals surface area contributed by atoms with E-state index in [-0.39, 0.29) is 0 Å². The molecule has 0 saturated carbocycles. The number of aryl methyl sites for hydroxylation is 1. The summed E-state index contributed by atoms with van der Waals surface area (Å²) in [6.45, 7) is 4.28. The van der Waals surface area contributed by atoms with E-state index in [2.05, 4.69) is 59.4 Å². The zero-order valence-electron chi connectivity index (χ0n) is 16.7. The van der Waals surface area contributed by atoms with Crippen molar-refractivity contribution in [2.75, 3.05) is 13.1 Å². The number of H-pyrrole nitrogens is 1. The number of carbonyl (C=O) groups is 1. The Hall–Kier alpha value is -2.89. The molecule has 0 saturated heterocycles. The van der Waals surface area contributed by atoms with Gasteiger partial charge in [0, 0.05) is 35.8 Å². The molecule has 5 nitrogen and oxygen atoms in total. The van der Waals surface area contributed by atoms with Gasteiger partial charge in [0.25, 0.3) is 5.91 Å². The summed E-state index contributed by atoms with van der Waals surface area (Å²) in [5.41, 5.74) is 7.93. The molecule has 0 fully saturated rings. The largest absolute Gasteiger partial charge is 0.361 e. The Morgan fingerprint density at radius 1 is 1.31 bits per heavy atom. The molecule has 1 aromatic heterocycles. The zero-order chi connectivity index (χ0) is 20.2. The van der Waals surface area contributed by atoms with Crippen LogP contribution in [0.2, 0.25) is 0 Å². The van der Waals surface area contributed by atoms with E-state index in [0.29, 0.717) is 6.04 Å². The molecule has 5 heteroatoms. The molecule has 2 aromatic carbocycles. The zero-order valence-corrected chi connectivity index (χ0v) is 16.7. The van der Waals surface area contributed by atoms with E-state index < -0.39 is 5.91 Å². The summed E-state index contributed by atoms with van der Waals surface area (Å²) in [6.07, 6.45) is 8.42. The van der Waals surface area contributed by atoms with Gasteiger partial charge >= 0.3 is 0 Å². The van der Waals surface area contributed by atoms with Crippen LogP contribution in [0.4, 0.5) is 0 Å². The van der Waals surface area contributed by atoms with E-state index >= 15 is 0 Å². The summed E-state index contributed by atoms with van der Waals surface area (Å²) in [7, 11) is 0. The van der Waals surface area contributed by atoms with Crippen LogP contribution in [0.25, 0.3) is 17.0 Å². The predicted molar refractivity (Wildman–Crippen MR) is 116 cm³/mol. The minimum Gasteiger partial charge on any atom is -0.361 e. The van der Waals surface area contributed by atoms with Gasteiger partial charge in [0.1, 0.15) is 0 Å². The predicted octanol–water partition coefficient (Wildman–Crippen LogP) is 4.24. The Morgan fingerprint density at radius 2 is 2.17 bits per heavy atom. The summed E-state index contributed by atoms with van der Waals surface area (Å²) in [5.74, 6) is -0.516. The quantitative estimate of drug-likeness (QED) is 0.322. The second-order valence-corrected chi connectivity index (χ2v) is 7.56. The number of aromatic nitrogens is 1. The second-order valence-electron chi connectivity index (χ2n) is 7.56. The summed E-state index contributed by atoms with van der Waals surface area (Å²) in [5, 5.41) is 9.93. The number of benzene rings is 2. The molecule has 1 aliphatic rings. The van der Waals surface area contributed by atoms with Gasteiger partial charge in [0.05, 0.1) is 0 Å². The molecule has 3 N–H and O–H groups in total. The highest BCUT2D eigenvalue weighted by molar-refractivity contribution is 5.90. The van der Waals surface area contributed by atoms with Crippen LogP contribution in [0.5, 0.6) is 0 Å². The van der Waals surface area contributed by atoms with Crippen LogP contribution in [-0.4, -0.2) is 34.1 Å². The fraction of sp³-hybridized carbons (Fsp3) is 0.292. The Balaban J connectivity index is 1.47. The summed E-state index contributed by atoms with van der Waals surface area (Å²) in [4.78, 5) is 17.1. The molecular formula is C24H27N3O2. The molecule has 0 aliphatic heterocycles. The van der Waals surface area contributed by atoms with Crippen molar-refractivity contribution in [2.24, 2.45) is 0 Å². The SMILES string of the molecule is CCN(CCc1c[nH]c2ccccc12)[C@H]1CCc2cc(C=CC(=O)NO)ccc21. The van der Waals surface area contributed by atoms with Crippen LogP contribution in [0.15, 0.2) is 54.7 Å². The molecule has 1 atom stereocenters. The fourth-order valence-corrected chi connectivity index (χ4v) is 4.44.